The molecular weight excluding hydrogens is 170 g/mol. The van der Waals surface area contributed by atoms with E-state index in [9.17, 15) is 0 Å². The van der Waals surface area contributed by atoms with Gasteiger partial charge in [-0.1, -0.05) is 34.1 Å². The SMILES string of the molecule is CCCC1(CCC(C)(C)C)CC1(C)N. The van der Waals surface area contributed by atoms with Crippen LogP contribution in [0.4, 0.5) is 0 Å². The second-order valence-corrected chi connectivity index (χ2v) is 6.69. The second-order valence-electron chi connectivity index (χ2n) is 6.69. The lowest BCUT2D eigenvalue weighted by Crippen LogP contribution is -2.28. The fourth-order valence-electron chi connectivity index (χ4n) is 2.62. The molecular formula is C13H27N. The maximum atomic E-state index is 6.26. The molecule has 0 heterocycles. The van der Waals surface area contributed by atoms with Gasteiger partial charge in [0.1, 0.15) is 0 Å². The van der Waals surface area contributed by atoms with Crippen LogP contribution >= 0.6 is 0 Å². The fraction of sp³-hybridized carbons (Fsp3) is 1.00. The zero-order valence-corrected chi connectivity index (χ0v) is 10.6. The Kier molecular flexibility index (Phi) is 3.02. The molecule has 84 valence electrons. The highest BCUT2D eigenvalue weighted by Crippen LogP contribution is 2.61. The molecule has 0 bridgehead atoms. The van der Waals surface area contributed by atoms with E-state index >= 15 is 0 Å². The van der Waals surface area contributed by atoms with Crippen LogP contribution in [0.15, 0.2) is 0 Å². The average Bonchev–Trinajstić information content (AvgIpc) is 2.50. The Morgan fingerprint density at radius 2 is 1.71 bits per heavy atom. The van der Waals surface area contributed by atoms with E-state index < -0.39 is 0 Å². The molecule has 1 aliphatic rings. The minimum absolute atomic E-state index is 0.133. The van der Waals surface area contributed by atoms with Crippen molar-refractivity contribution in [3.8, 4) is 0 Å². The van der Waals surface area contributed by atoms with Crippen LogP contribution in [0.5, 0.6) is 0 Å². The third-order valence-corrected chi connectivity index (χ3v) is 3.87. The van der Waals surface area contributed by atoms with Gasteiger partial charge in [0.2, 0.25) is 0 Å². The Bertz CT molecular complexity index is 200. The fourth-order valence-corrected chi connectivity index (χ4v) is 2.62. The zero-order valence-electron chi connectivity index (χ0n) is 10.6. The van der Waals surface area contributed by atoms with E-state index in [0.29, 0.717) is 10.8 Å². The van der Waals surface area contributed by atoms with E-state index in [1.807, 2.05) is 0 Å². The van der Waals surface area contributed by atoms with Crippen LogP contribution < -0.4 is 5.73 Å². The highest BCUT2D eigenvalue weighted by Gasteiger charge is 2.60. The van der Waals surface area contributed by atoms with Gasteiger partial charge in [0, 0.05) is 5.54 Å². The third kappa shape index (κ3) is 2.50. The number of nitrogens with two attached hydrogens (primary N) is 1. The first-order valence-electron chi connectivity index (χ1n) is 6.01. The van der Waals surface area contributed by atoms with E-state index in [0.717, 1.165) is 0 Å². The summed E-state index contributed by atoms with van der Waals surface area (Å²) in [6, 6.07) is 0. The second kappa shape index (κ2) is 3.52. The maximum Gasteiger partial charge on any atom is 0.0189 e. The van der Waals surface area contributed by atoms with Crippen LogP contribution in [0.1, 0.15) is 66.7 Å². The van der Waals surface area contributed by atoms with Gasteiger partial charge >= 0.3 is 0 Å². The summed E-state index contributed by atoms with van der Waals surface area (Å²) in [5.41, 5.74) is 7.33. The van der Waals surface area contributed by atoms with Crippen LogP contribution in [0.25, 0.3) is 0 Å². The maximum absolute atomic E-state index is 6.26. The molecule has 0 radical (unpaired) electrons. The predicted molar refractivity (Wildman–Crippen MR) is 63.2 cm³/mol. The Morgan fingerprint density at radius 1 is 1.21 bits per heavy atom. The summed E-state index contributed by atoms with van der Waals surface area (Å²) in [6.07, 6.45) is 6.45. The molecule has 0 amide bonds. The van der Waals surface area contributed by atoms with Gasteiger partial charge in [0.05, 0.1) is 0 Å². The van der Waals surface area contributed by atoms with Crippen molar-refractivity contribution in [2.24, 2.45) is 16.6 Å². The van der Waals surface area contributed by atoms with Gasteiger partial charge < -0.3 is 5.73 Å². The monoisotopic (exact) mass is 197 g/mol. The van der Waals surface area contributed by atoms with Gasteiger partial charge in [-0.3, -0.25) is 0 Å². The predicted octanol–water partition coefficient (Wildman–Crippen LogP) is 3.72. The summed E-state index contributed by atoms with van der Waals surface area (Å²) in [7, 11) is 0. The van der Waals surface area contributed by atoms with Crippen molar-refractivity contribution in [1.29, 1.82) is 0 Å². The Labute approximate surface area is 89.5 Å². The number of rotatable bonds is 4. The van der Waals surface area contributed by atoms with E-state index in [2.05, 4.69) is 34.6 Å². The highest BCUT2D eigenvalue weighted by atomic mass is 14.9. The standard InChI is InChI=1S/C13H27N/c1-6-7-13(10-12(13,5)14)9-8-11(2,3)4/h6-10,14H2,1-5H3. The van der Waals surface area contributed by atoms with Crippen molar-refractivity contribution in [2.75, 3.05) is 0 Å². The molecule has 1 aliphatic carbocycles. The Balaban J connectivity index is 2.48. The molecule has 1 heteroatoms. The van der Waals surface area contributed by atoms with Crippen LogP contribution in [-0.2, 0) is 0 Å². The van der Waals surface area contributed by atoms with Gasteiger partial charge in [-0.2, -0.15) is 0 Å². The lowest BCUT2D eigenvalue weighted by atomic mass is 9.82. The summed E-state index contributed by atoms with van der Waals surface area (Å²) in [6.45, 7) is 11.5. The van der Waals surface area contributed by atoms with Gasteiger partial charge in [-0.15, -0.1) is 0 Å². The van der Waals surface area contributed by atoms with Gasteiger partial charge in [0.25, 0.3) is 0 Å². The summed E-state index contributed by atoms with van der Waals surface area (Å²) in [5, 5.41) is 0. The number of hydrogen-bond donors (Lipinski definition) is 1. The Hall–Kier alpha value is -0.0400. The summed E-state index contributed by atoms with van der Waals surface area (Å²) in [4.78, 5) is 0. The molecule has 2 atom stereocenters. The Morgan fingerprint density at radius 3 is 2.00 bits per heavy atom. The van der Waals surface area contributed by atoms with Crippen molar-refractivity contribution < 1.29 is 0 Å². The third-order valence-electron chi connectivity index (χ3n) is 3.87. The minimum atomic E-state index is 0.133. The first-order chi connectivity index (χ1) is 6.22. The molecule has 1 rings (SSSR count). The lowest BCUT2D eigenvalue weighted by Gasteiger charge is -2.25. The smallest absolute Gasteiger partial charge is 0.0189 e. The quantitative estimate of drug-likeness (QED) is 0.730. The molecule has 0 aromatic carbocycles. The largest absolute Gasteiger partial charge is 0.325 e. The summed E-state index contributed by atoms with van der Waals surface area (Å²) in [5.74, 6) is 0. The zero-order chi connectivity index (χ0) is 11.0. The van der Waals surface area contributed by atoms with Crippen LogP contribution in [-0.4, -0.2) is 5.54 Å². The first kappa shape index (κ1) is 12.0. The lowest BCUT2D eigenvalue weighted by molar-refractivity contribution is 0.277. The molecule has 0 aromatic rings. The molecule has 14 heavy (non-hydrogen) atoms. The van der Waals surface area contributed by atoms with Crippen LogP contribution in [0.3, 0.4) is 0 Å². The van der Waals surface area contributed by atoms with Crippen molar-refractivity contribution in [3.05, 3.63) is 0 Å². The molecule has 1 nitrogen and oxygen atoms in total. The average molecular weight is 197 g/mol. The molecule has 2 N–H and O–H groups in total. The highest BCUT2D eigenvalue weighted by molar-refractivity contribution is 5.16. The van der Waals surface area contributed by atoms with Gasteiger partial charge in [0.15, 0.2) is 0 Å². The van der Waals surface area contributed by atoms with Crippen molar-refractivity contribution in [3.63, 3.8) is 0 Å². The minimum Gasteiger partial charge on any atom is -0.325 e. The van der Waals surface area contributed by atoms with E-state index in [4.69, 9.17) is 5.73 Å². The van der Waals surface area contributed by atoms with Crippen LogP contribution in [0.2, 0.25) is 0 Å². The van der Waals surface area contributed by atoms with E-state index in [1.54, 1.807) is 0 Å². The molecule has 0 aromatic heterocycles. The van der Waals surface area contributed by atoms with Crippen LogP contribution in [0, 0.1) is 10.8 Å². The normalized spacial score (nSPS) is 37.3. The molecule has 2 unspecified atom stereocenters. The number of hydrogen-bond acceptors (Lipinski definition) is 1. The first-order valence-corrected chi connectivity index (χ1v) is 6.01. The molecule has 0 aliphatic heterocycles. The molecule has 1 fully saturated rings. The molecule has 1 saturated carbocycles. The van der Waals surface area contributed by atoms with Gasteiger partial charge in [-0.25, -0.2) is 0 Å². The summed E-state index contributed by atoms with van der Waals surface area (Å²) >= 11 is 0. The van der Waals surface area contributed by atoms with E-state index in [-0.39, 0.29) is 5.54 Å². The topological polar surface area (TPSA) is 26.0 Å². The summed E-state index contributed by atoms with van der Waals surface area (Å²) < 4.78 is 0. The molecule has 0 spiro atoms. The van der Waals surface area contributed by atoms with E-state index in [1.165, 1.54) is 32.1 Å². The van der Waals surface area contributed by atoms with Crippen molar-refractivity contribution >= 4 is 0 Å². The van der Waals surface area contributed by atoms with Gasteiger partial charge in [-0.05, 0) is 43.4 Å². The van der Waals surface area contributed by atoms with Crippen molar-refractivity contribution in [1.82, 2.24) is 0 Å². The molecule has 0 saturated heterocycles. The van der Waals surface area contributed by atoms with Crippen molar-refractivity contribution in [2.45, 2.75) is 72.3 Å².